The second kappa shape index (κ2) is 6.65. The molecule has 1 aromatic carbocycles. The summed E-state index contributed by atoms with van der Waals surface area (Å²) in [4.78, 5) is 22.9. The zero-order chi connectivity index (χ0) is 15.2. The van der Waals surface area contributed by atoms with Crippen LogP contribution in [0.5, 0.6) is 0 Å². The van der Waals surface area contributed by atoms with Crippen molar-refractivity contribution in [1.82, 2.24) is 15.0 Å². The van der Waals surface area contributed by atoms with Crippen molar-refractivity contribution in [2.75, 3.05) is 6.61 Å². The molecule has 110 valence electrons. The molecule has 0 atom stereocenters. The van der Waals surface area contributed by atoms with Crippen molar-refractivity contribution >= 4 is 11.9 Å². The van der Waals surface area contributed by atoms with Gasteiger partial charge in [-0.3, -0.25) is 4.79 Å². The monoisotopic (exact) mass is 288 g/mol. The van der Waals surface area contributed by atoms with Gasteiger partial charge in [0.05, 0.1) is 13.2 Å². The van der Waals surface area contributed by atoms with Gasteiger partial charge in [-0.25, -0.2) is 9.48 Å². The van der Waals surface area contributed by atoms with E-state index >= 15 is 0 Å². The molecule has 0 bridgehead atoms. The van der Waals surface area contributed by atoms with Crippen LogP contribution in [-0.2, 0) is 16.1 Å². The molecule has 1 aromatic heterocycles. The van der Waals surface area contributed by atoms with Crippen LogP contribution in [0, 0.1) is 0 Å². The van der Waals surface area contributed by atoms with Crippen molar-refractivity contribution in [3.8, 4) is 11.3 Å². The van der Waals surface area contributed by atoms with Crippen LogP contribution in [0.15, 0.2) is 30.3 Å². The number of benzene rings is 1. The predicted octanol–water partition coefficient (Wildman–Crippen LogP) is 0.997. The van der Waals surface area contributed by atoms with Crippen molar-refractivity contribution in [2.24, 2.45) is 5.73 Å². The Kier molecular flexibility index (Phi) is 4.65. The molecule has 0 fully saturated rings. The summed E-state index contributed by atoms with van der Waals surface area (Å²) >= 11 is 0. The lowest BCUT2D eigenvalue weighted by atomic mass is 10.1. The highest BCUT2D eigenvalue weighted by Gasteiger charge is 2.22. The molecule has 7 nitrogen and oxygen atoms in total. The third kappa shape index (κ3) is 3.44. The SMILES string of the molecule is CCOC(=O)c1nnn(CCC(N)=O)c1-c1ccccc1. The van der Waals surface area contributed by atoms with E-state index in [4.69, 9.17) is 10.5 Å². The number of hydrogen-bond donors (Lipinski definition) is 1. The van der Waals surface area contributed by atoms with Crippen LogP contribution < -0.4 is 5.73 Å². The van der Waals surface area contributed by atoms with Crippen LogP contribution in [0.3, 0.4) is 0 Å². The maximum atomic E-state index is 12.0. The molecule has 0 saturated carbocycles. The van der Waals surface area contributed by atoms with Gasteiger partial charge in [-0.2, -0.15) is 0 Å². The number of nitrogens with two attached hydrogens (primary N) is 1. The predicted molar refractivity (Wildman–Crippen MR) is 75.2 cm³/mol. The molecule has 0 radical (unpaired) electrons. The molecule has 21 heavy (non-hydrogen) atoms. The molecule has 2 aromatic rings. The lowest BCUT2D eigenvalue weighted by molar-refractivity contribution is -0.118. The van der Waals surface area contributed by atoms with Crippen molar-refractivity contribution in [1.29, 1.82) is 0 Å². The second-order valence-corrected chi connectivity index (χ2v) is 4.31. The van der Waals surface area contributed by atoms with E-state index in [2.05, 4.69) is 10.3 Å². The highest BCUT2D eigenvalue weighted by atomic mass is 16.5. The minimum atomic E-state index is -0.540. The molecule has 0 aliphatic heterocycles. The quantitative estimate of drug-likeness (QED) is 0.799. The first kappa shape index (κ1) is 14.7. The summed E-state index contributed by atoms with van der Waals surface area (Å²) in [5, 5.41) is 7.80. The van der Waals surface area contributed by atoms with Crippen LogP contribution in [-0.4, -0.2) is 33.5 Å². The van der Waals surface area contributed by atoms with Gasteiger partial charge in [-0.05, 0) is 6.92 Å². The van der Waals surface area contributed by atoms with Gasteiger partial charge in [-0.1, -0.05) is 35.5 Å². The maximum Gasteiger partial charge on any atom is 0.361 e. The molecule has 2 N–H and O–H groups in total. The van der Waals surface area contributed by atoms with E-state index in [0.29, 0.717) is 5.69 Å². The average molecular weight is 288 g/mol. The van der Waals surface area contributed by atoms with Crippen molar-refractivity contribution in [3.05, 3.63) is 36.0 Å². The van der Waals surface area contributed by atoms with Gasteiger partial charge in [0.1, 0.15) is 5.69 Å². The standard InChI is InChI=1S/C14H16N4O3/c1-2-21-14(20)12-13(10-6-4-3-5-7-10)18(17-16-12)9-8-11(15)19/h3-7H,2,8-9H2,1H3,(H2,15,19). The fourth-order valence-electron chi connectivity index (χ4n) is 1.90. The Hall–Kier alpha value is -2.70. The third-order valence-electron chi connectivity index (χ3n) is 2.82. The van der Waals surface area contributed by atoms with E-state index in [1.165, 1.54) is 4.68 Å². The molecule has 1 heterocycles. The minimum absolute atomic E-state index is 0.117. The van der Waals surface area contributed by atoms with Gasteiger partial charge in [0.2, 0.25) is 5.91 Å². The van der Waals surface area contributed by atoms with E-state index < -0.39 is 11.9 Å². The number of hydrogen-bond acceptors (Lipinski definition) is 5. The molecule has 0 aliphatic carbocycles. The number of aromatic nitrogens is 3. The molecule has 0 saturated heterocycles. The summed E-state index contributed by atoms with van der Waals surface area (Å²) in [6, 6.07) is 9.22. The number of aryl methyl sites for hydroxylation is 1. The Bertz CT molecular complexity index is 637. The zero-order valence-electron chi connectivity index (χ0n) is 11.7. The molecule has 2 rings (SSSR count). The molecule has 0 unspecified atom stereocenters. The Balaban J connectivity index is 2.42. The van der Waals surface area contributed by atoms with Crippen LogP contribution in [0.1, 0.15) is 23.8 Å². The second-order valence-electron chi connectivity index (χ2n) is 4.31. The molecule has 0 spiro atoms. The van der Waals surface area contributed by atoms with Crippen LogP contribution >= 0.6 is 0 Å². The fraction of sp³-hybridized carbons (Fsp3) is 0.286. The summed E-state index contributed by atoms with van der Waals surface area (Å²) in [5.74, 6) is -0.983. The molecule has 0 aliphatic rings. The topological polar surface area (TPSA) is 100 Å². The first-order valence-corrected chi connectivity index (χ1v) is 6.57. The van der Waals surface area contributed by atoms with E-state index in [9.17, 15) is 9.59 Å². The van der Waals surface area contributed by atoms with Gasteiger partial charge in [0.15, 0.2) is 5.69 Å². The van der Waals surface area contributed by atoms with Gasteiger partial charge in [0.25, 0.3) is 0 Å². The largest absolute Gasteiger partial charge is 0.461 e. The van der Waals surface area contributed by atoms with Gasteiger partial charge < -0.3 is 10.5 Å². The molecule has 7 heteroatoms. The summed E-state index contributed by atoms with van der Waals surface area (Å²) in [6.07, 6.45) is 0.117. The zero-order valence-corrected chi connectivity index (χ0v) is 11.7. The number of nitrogens with zero attached hydrogens (tertiary/aromatic N) is 3. The minimum Gasteiger partial charge on any atom is -0.461 e. The fourth-order valence-corrected chi connectivity index (χ4v) is 1.90. The Labute approximate surface area is 121 Å². The van der Waals surface area contributed by atoms with Crippen molar-refractivity contribution in [3.63, 3.8) is 0 Å². The lowest BCUT2D eigenvalue weighted by Crippen LogP contribution is -2.15. The average Bonchev–Trinajstić information content (AvgIpc) is 2.90. The highest BCUT2D eigenvalue weighted by Crippen LogP contribution is 2.22. The van der Waals surface area contributed by atoms with E-state index in [-0.39, 0.29) is 25.3 Å². The Morgan fingerprint density at radius 2 is 2.00 bits per heavy atom. The summed E-state index contributed by atoms with van der Waals surface area (Å²) in [6.45, 7) is 2.23. The first-order valence-electron chi connectivity index (χ1n) is 6.57. The molecule has 1 amide bonds. The van der Waals surface area contributed by atoms with E-state index in [1.54, 1.807) is 6.92 Å². The lowest BCUT2D eigenvalue weighted by Gasteiger charge is -2.07. The molecular weight excluding hydrogens is 272 g/mol. The number of rotatable bonds is 6. The number of carbonyl (C=O) groups is 2. The van der Waals surface area contributed by atoms with Crippen molar-refractivity contribution in [2.45, 2.75) is 19.9 Å². The van der Waals surface area contributed by atoms with Crippen LogP contribution in [0.25, 0.3) is 11.3 Å². The van der Waals surface area contributed by atoms with Gasteiger partial charge >= 0.3 is 5.97 Å². The normalized spacial score (nSPS) is 10.3. The number of primary amides is 1. The van der Waals surface area contributed by atoms with Crippen LogP contribution in [0.4, 0.5) is 0 Å². The van der Waals surface area contributed by atoms with Gasteiger partial charge in [-0.15, -0.1) is 5.10 Å². The third-order valence-corrected chi connectivity index (χ3v) is 2.82. The number of ether oxygens (including phenoxy) is 1. The Morgan fingerprint density at radius 1 is 1.29 bits per heavy atom. The number of esters is 1. The first-order chi connectivity index (χ1) is 10.1. The Morgan fingerprint density at radius 3 is 2.62 bits per heavy atom. The number of amides is 1. The van der Waals surface area contributed by atoms with Crippen molar-refractivity contribution < 1.29 is 14.3 Å². The van der Waals surface area contributed by atoms with Crippen LogP contribution in [0.2, 0.25) is 0 Å². The smallest absolute Gasteiger partial charge is 0.361 e. The summed E-state index contributed by atoms with van der Waals surface area (Å²) in [5.41, 5.74) is 6.58. The summed E-state index contributed by atoms with van der Waals surface area (Å²) in [7, 11) is 0. The molecular formula is C14H16N4O3. The van der Waals surface area contributed by atoms with Gasteiger partial charge in [0, 0.05) is 12.0 Å². The number of carbonyl (C=O) groups excluding carboxylic acids is 2. The maximum absolute atomic E-state index is 12.0. The summed E-state index contributed by atoms with van der Waals surface area (Å²) < 4.78 is 6.48. The van der Waals surface area contributed by atoms with E-state index in [0.717, 1.165) is 5.56 Å². The van der Waals surface area contributed by atoms with E-state index in [1.807, 2.05) is 30.3 Å². The highest BCUT2D eigenvalue weighted by molar-refractivity contribution is 5.94.